The predicted octanol–water partition coefficient (Wildman–Crippen LogP) is -5.27. The number of hydrogen-bond acceptors (Lipinski definition) is 6. The van der Waals surface area contributed by atoms with E-state index in [9.17, 15) is 23.1 Å². The fourth-order valence-electron chi connectivity index (χ4n) is 0.432. The van der Waals surface area contributed by atoms with Crippen LogP contribution in [0.5, 0.6) is 0 Å². The van der Waals surface area contributed by atoms with Crippen LogP contribution in [-0.2, 0) is 24.4 Å². The second-order valence-electron chi connectivity index (χ2n) is 2.11. The SMILES string of the molecule is O=C([O-])C=CC(=O)OCCS(=O)(=O)O.[Na+]. The normalized spacial score (nSPS) is 10.7. The van der Waals surface area contributed by atoms with E-state index in [2.05, 4.69) is 4.74 Å². The van der Waals surface area contributed by atoms with Crippen molar-refractivity contribution in [3.63, 3.8) is 0 Å². The fraction of sp³-hybridized carbons (Fsp3) is 0.333. The quantitative estimate of drug-likeness (QED) is 0.222. The van der Waals surface area contributed by atoms with E-state index in [4.69, 9.17) is 4.55 Å². The molecular weight excluding hydrogens is 239 g/mol. The Kier molecular flexibility index (Phi) is 8.87. The summed E-state index contributed by atoms with van der Waals surface area (Å²) in [7, 11) is -4.18. The molecule has 0 amide bonds. The van der Waals surface area contributed by atoms with Crippen LogP contribution >= 0.6 is 0 Å². The summed E-state index contributed by atoms with van der Waals surface area (Å²) in [5.74, 6) is -3.34. The molecule has 0 bridgehead atoms. The van der Waals surface area contributed by atoms with Crippen LogP contribution in [0.25, 0.3) is 0 Å². The van der Waals surface area contributed by atoms with Gasteiger partial charge in [-0.25, -0.2) is 4.79 Å². The smallest absolute Gasteiger partial charge is 0.545 e. The van der Waals surface area contributed by atoms with Crippen LogP contribution in [0.4, 0.5) is 0 Å². The Bertz CT molecular complexity index is 344. The van der Waals surface area contributed by atoms with Crippen LogP contribution in [0.15, 0.2) is 12.2 Å². The average Bonchev–Trinajstić information content (AvgIpc) is 1.98. The minimum atomic E-state index is -4.18. The maximum absolute atomic E-state index is 10.6. The van der Waals surface area contributed by atoms with Gasteiger partial charge in [0.25, 0.3) is 10.1 Å². The molecule has 80 valence electrons. The van der Waals surface area contributed by atoms with Gasteiger partial charge in [-0.1, -0.05) is 0 Å². The van der Waals surface area contributed by atoms with Gasteiger partial charge in [0.15, 0.2) is 0 Å². The molecule has 7 nitrogen and oxygen atoms in total. The van der Waals surface area contributed by atoms with Crippen LogP contribution in [0.2, 0.25) is 0 Å². The summed E-state index contributed by atoms with van der Waals surface area (Å²) in [5, 5.41) is 9.80. The molecule has 0 saturated carbocycles. The van der Waals surface area contributed by atoms with Gasteiger partial charge in [-0.05, 0) is 6.08 Å². The summed E-state index contributed by atoms with van der Waals surface area (Å²) in [4.78, 5) is 20.4. The van der Waals surface area contributed by atoms with Crippen molar-refractivity contribution in [2.75, 3.05) is 12.4 Å². The molecule has 0 aromatic carbocycles. The zero-order chi connectivity index (χ0) is 11.2. The number of hydrogen-bond donors (Lipinski definition) is 1. The van der Waals surface area contributed by atoms with Gasteiger partial charge < -0.3 is 14.6 Å². The maximum Gasteiger partial charge on any atom is 1.00 e. The minimum Gasteiger partial charge on any atom is -0.545 e. The van der Waals surface area contributed by atoms with E-state index in [1.807, 2.05) is 0 Å². The van der Waals surface area contributed by atoms with E-state index in [0.29, 0.717) is 12.2 Å². The van der Waals surface area contributed by atoms with Crippen molar-refractivity contribution in [2.24, 2.45) is 0 Å². The van der Waals surface area contributed by atoms with Crippen molar-refractivity contribution in [3.05, 3.63) is 12.2 Å². The van der Waals surface area contributed by atoms with Gasteiger partial charge in [-0.15, -0.1) is 0 Å². The zero-order valence-electron chi connectivity index (χ0n) is 7.87. The van der Waals surface area contributed by atoms with E-state index in [1.54, 1.807) is 0 Å². The standard InChI is InChI=1S/C6H8O7S.Na/c7-5(8)1-2-6(9)13-3-4-14(10,11)12;/h1-2H,3-4H2,(H,7,8)(H,10,11,12);/q;+1/p-1. The molecule has 0 aliphatic rings. The van der Waals surface area contributed by atoms with Crippen LogP contribution in [0.3, 0.4) is 0 Å². The van der Waals surface area contributed by atoms with Crippen molar-refractivity contribution >= 4 is 22.1 Å². The van der Waals surface area contributed by atoms with Gasteiger partial charge in [0.1, 0.15) is 12.4 Å². The van der Waals surface area contributed by atoms with Crippen molar-refractivity contribution in [2.45, 2.75) is 0 Å². The van der Waals surface area contributed by atoms with Crippen molar-refractivity contribution in [1.29, 1.82) is 0 Å². The molecule has 0 aromatic heterocycles. The number of carbonyl (C=O) groups is 2. The Morgan fingerprint density at radius 2 is 1.87 bits per heavy atom. The molecule has 0 saturated heterocycles. The number of carbonyl (C=O) groups excluding carboxylic acids is 2. The molecule has 1 N–H and O–H groups in total. The third-order valence-electron chi connectivity index (χ3n) is 0.941. The van der Waals surface area contributed by atoms with E-state index in [1.165, 1.54) is 0 Å². The van der Waals surface area contributed by atoms with E-state index in [-0.39, 0.29) is 29.6 Å². The summed E-state index contributed by atoms with van der Waals surface area (Å²) < 4.78 is 32.7. The van der Waals surface area contributed by atoms with E-state index < -0.39 is 34.4 Å². The second kappa shape index (κ2) is 7.83. The first-order chi connectivity index (χ1) is 6.31. The molecule has 0 radical (unpaired) electrons. The van der Waals surface area contributed by atoms with Gasteiger partial charge >= 0.3 is 35.5 Å². The Morgan fingerprint density at radius 1 is 1.33 bits per heavy atom. The third kappa shape index (κ3) is 13.6. The van der Waals surface area contributed by atoms with Gasteiger partial charge in [0.2, 0.25) is 0 Å². The molecule has 0 heterocycles. The summed E-state index contributed by atoms with van der Waals surface area (Å²) >= 11 is 0. The second-order valence-corrected chi connectivity index (χ2v) is 3.68. The molecule has 0 unspecified atom stereocenters. The fourth-order valence-corrected chi connectivity index (χ4v) is 0.726. The average molecular weight is 246 g/mol. The molecule has 15 heavy (non-hydrogen) atoms. The maximum atomic E-state index is 10.6. The van der Waals surface area contributed by atoms with E-state index >= 15 is 0 Å². The summed E-state index contributed by atoms with van der Waals surface area (Å²) in [5.41, 5.74) is 0. The van der Waals surface area contributed by atoms with Gasteiger partial charge in [-0.3, -0.25) is 4.55 Å². The number of carboxylic acid groups (broad SMARTS) is 1. The van der Waals surface area contributed by atoms with Crippen LogP contribution in [0, 0.1) is 0 Å². The third-order valence-corrected chi connectivity index (χ3v) is 1.62. The van der Waals surface area contributed by atoms with Crippen LogP contribution in [-0.4, -0.2) is 37.3 Å². The van der Waals surface area contributed by atoms with Crippen molar-refractivity contribution in [1.82, 2.24) is 0 Å². The molecule has 0 aromatic rings. The minimum absolute atomic E-state index is 0. The van der Waals surface area contributed by atoms with Crippen molar-refractivity contribution < 1.29 is 62.0 Å². The summed E-state index contributed by atoms with van der Waals surface area (Å²) in [6.07, 6.45) is 1.01. The topological polar surface area (TPSA) is 121 Å². The number of aliphatic carboxylic acids is 1. The van der Waals surface area contributed by atoms with Crippen LogP contribution < -0.4 is 34.7 Å². The summed E-state index contributed by atoms with van der Waals surface area (Å²) in [6.45, 7) is -0.547. The Morgan fingerprint density at radius 3 is 2.27 bits per heavy atom. The zero-order valence-corrected chi connectivity index (χ0v) is 10.7. The molecular formula is C6H7NaO7S. The Hall–Kier alpha value is -0.410. The molecule has 0 atom stereocenters. The first-order valence-corrected chi connectivity index (χ1v) is 4.93. The number of rotatable bonds is 5. The molecule has 0 spiro atoms. The molecule has 0 aliphatic carbocycles. The molecule has 0 rings (SSSR count). The van der Waals surface area contributed by atoms with Crippen molar-refractivity contribution in [3.8, 4) is 0 Å². The van der Waals surface area contributed by atoms with Gasteiger partial charge in [-0.2, -0.15) is 8.42 Å². The largest absolute Gasteiger partial charge is 1.00 e. The van der Waals surface area contributed by atoms with Gasteiger partial charge in [0, 0.05) is 6.08 Å². The Balaban J connectivity index is 0. The predicted molar refractivity (Wildman–Crippen MR) is 41.5 cm³/mol. The van der Waals surface area contributed by atoms with Gasteiger partial charge in [0.05, 0.1) is 5.97 Å². The number of esters is 1. The molecule has 9 heteroatoms. The first-order valence-electron chi connectivity index (χ1n) is 3.32. The Labute approximate surface area is 108 Å². The number of carboxylic acids is 1. The van der Waals surface area contributed by atoms with E-state index in [0.717, 1.165) is 0 Å². The molecule has 0 aliphatic heterocycles. The monoisotopic (exact) mass is 246 g/mol. The first kappa shape index (κ1) is 17.0. The van der Waals surface area contributed by atoms with Crippen LogP contribution in [0.1, 0.15) is 0 Å². The summed E-state index contributed by atoms with van der Waals surface area (Å²) in [6, 6.07) is 0. The molecule has 0 fully saturated rings. The number of ether oxygens (including phenoxy) is 1.